The number of rotatable bonds is 6. The zero-order chi connectivity index (χ0) is 20.9. The molecule has 0 atom stereocenters. The van der Waals surface area contributed by atoms with Gasteiger partial charge in [0.2, 0.25) is 0 Å². The molecule has 0 aliphatic heterocycles. The Balaban J connectivity index is 1.35. The maximum Gasteiger partial charge on any atom is 0.255 e. The average molecular weight is 407 g/mol. The van der Waals surface area contributed by atoms with Crippen LogP contribution in [0.4, 0.5) is 0 Å². The van der Waals surface area contributed by atoms with Gasteiger partial charge in [0.15, 0.2) is 0 Å². The molecular weight excluding hydrogens is 382 g/mol. The number of nitrogens with one attached hydrogen (secondary N) is 1. The van der Waals surface area contributed by atoms with Crippen molar-refractivity contribution in [1.82, 2.24) is 25.1 Å². The summed E-state index contributed by atoms with van der Waals surface area (Å²) in [5.41, 5.74) is 2.37. The van der Waals surface area contributed by atoms with Gasteiger partial charge in [0, 0.05) is 30.1 Å². The third-order valence-corrected chi connectivity index (χ3v) is 5.54. The quantitative estimate of drug-likeness (QED) is 0.674. The van der Waals surface area contributed by atoms with E-state index in [4.69, 9.17) is 9.47 Å². The van der Waals surface area contributed by atoms with Gasteiger partial charge in [-0.3, -0.25) is 9.48 Å². The van der Waals surface area contributed by atoms with Crippen molar-refractivity contribution in [3.63, 3.8) is 0 Å². The van der Waals surface area contributed by atoms with Crippen molar-refractivity contribution in [2.45, 2.75) is 37.8 Å². The Hall–Kier alpha value is -3.42. The van der Waals surface area contributed by atoms with Gasteiger partial charge in [-0.2, -0.15) is 5.10 Å². The number of hydrogen-bond donors (Lipinski definition) is 1. The molecule has 2 heterocycles. The second-order valence-electron chi connectivity index (χ2n) is 7.35. The van der Waals surface area contributed by atoms with Crippen molar-refractivity contribution < 1.29 is 14.3 Å². The molecule has 1 N–H and O–H groups in total. The van der Waals surface area contributed by atoms with E-state index in [1.807, 2.05) is 23.1 Å². The standard InChI is InChI=1S/C22H25N5O3/c1-29-18-7-8-19(21(11-18)30-2)22(28)26-16-3-5-17(6-4-16)27-13-15(12-25-27)20-9-10-23-14-24-20/h7-14,16-17H,3-6H2,1-2H3,(H,26,28). The zero-order valence-electron chi connectivity index (χ0n) is 17.1. The first-order valence-corrected chi connectivity index (χ1v) is 10.0. The monoisotopic (exact) mass is 407 g/mol. The van der Waals surface area contributed by atoms with E-state index in [0.29, 0.717) is 23.1 Å². The van der Waals surface area contributed by atoms with E-state index in [0.717, 1.165) is 36.9 Å². The first-order chi connectivity index (χ1) is 14.7. The molecule has 156 valence electrons. The van der Waals surface area contributed by atoms with Crippen molar-refractivity contribution in [2.24, 2.45) is 0 Å². The van der Waals surface area contributed by atoms with E-state index in [1.54, 1.807) is 44.9 Å². The van der Waals surface area contributed by atoms with E-state index < -0.39 is 0 Å². The largest absolute Gasteiger partial charge is 0.497 e. The second kappa shape index (κ2) is 8.94. The van der Waals surface area contributed by atoms with Crippen LogP contribution in [0, 0.1) is 0 Å². The summed E-state index contributed by atoms with van der Waals surface area (Å²) in [6.07, 6.45) is 10.9. The smallest absolute Gasteiger partial charge is 0.255 e. The highest BCUT2D eigenvalue weighted by Crippen LogP contribution is 2.30. The second-order valence-corrected chi connectivity index (χ2v) is 7.35. The minimum atomic E-state index is -0.122. The van der Waals surface area contributed by atoms with Crippen LogP contribution >= 0.6 is 0 Å². The fraction of sp³-hybridized carbons (Fsp3) is 0.364. The molecule has 1 saturated carbocycles. The minimum Gasteiger partial charge on any atom is -0.497 e. The van der Waals surface area contributed by atoms with Gasteiger partial charge in [0.05, 0.1) is 37.7 Å². The van der Waals surface area contributed by atoms with Gasteiger partial charge in [-0.1, -0.05) is 0 Å². The lowest BCUT2D eigenvalue weighted by Gasteiger charge is -2.29. The molecule has 4 rings (SSSR count). The molecule has 0 bridgehead atoms. The van der Waals surface area contributed by atoms with Gasteiger partial charge in [-0.25, -0.2) is 9.97 Å². The molecule has 2 aromatic heterocycles. The van der Waals surface area contributed by atoms with Gasteiger partial charge in [-0.15, -0.1) is 0 Å². The summed E-state index contributed by atoms with van der Waals surface area (Å²) >= 11 is 0. The Labute approximate surface area is 175 Å². The lowest BCUT2D eigenvalue weighted by atomic mass is 9.91. The summed E-state index contributed by atoms with van der Waals surface area (Å²) in [5.74, 6) is 1.04. The van der Waals surface area contributed by atoms with E-state index in [-0.39, 0.29) is 11.9 Å². The van der Waals surface area contributed by atoms with Gasteiger partial charge in [-0.05, 0) is 43.9 Å². The fourth-order valence-corrected chi connectivity index (χ4v) is 3.87. The normalized spacial score (nSPS) is 18.6. The topological polar surface area (TPSA) is 91.2 Å². The Morgan fingerprint density at radius 1 is 1.13 bits per heavy atom. The summed E-state index contributed by atoms with van der Waals surface area (Å²) in [6, 6.07) is 7.56. The van der Waals surface area contributed by atoms with Crippen molar-refractivity contribution in [1.29, 1.82) is 0 Å². The number of carbonyl (C=O) groups is 1. The van der Waals surface area contributed by atoms with Crippen LogP contribution in [0.5, 0.6) is 11.5 Å². The molecule has 1 amide bonds. The number of amides is 1. The number of hydrogen-bond acceptors (Lipinski definition) is 6. The maximum atomic E-state index is 12.7. The van der Waals surface area contributed by atoms with Crippen LogP contribution in [0.2, 0.25) is 0 Å². The Bertz CT molecular complexity index is 997. The molecule has 1 aliphatic rings. The maximum absolute atomic E-state index is 12.7. The summed E-state index contributed by atoms with van der Waals surface area (Å²) in [7, 11) is 3.14. The Kier molecular flexibility index (Phi) is 5.92. The molecule has 0 unspecified atom stereocenters. The third kappa shape index (κ3) is 4.27. The number of methoxy groups -OCH3 is 2. The van der Waals surface area contributed by atoms with Crippen molar-refractivity contribution >= 4 is 5.91 Å². The lowest BCUT2D eigenvalue weighted by molar-refractivity contribution is 0.0918. The van der Waals surface area contributed by atoms with Crippen LogP contribution < -0.4 is 14.8 Å². The fourth-order valence-electron chi connectivity index (χ4n) is 3.87. The highest BCUT2D eigenvalue weighted by molar-refractivity contribution is 5.97. The number of nitrogens with zero attached hydrogens (tertiary/aromatic N) is 4. The first kappa shape index (κ1) is 19.9. The summed E-state index contributed by atoms with van der Waals surface area (Å²) in [5, 5.41) is 7.67. The van der Waals surface area contributed by atoms with Crippen LogP contribution in [0.1, 0.15) is 42.1 Å². The van der Waals surface area contributed by atoms with Crippen molar-refractivity contribution in [3.05, 3.63) is 54.7 Å². The molecule has 0 radical (unpaired) electrons. The van der Waals surface area contributed by atoms with E-state index in [9.17, 15) is 4.79 Å². The SMILES string of the molecule is COc1ccc(C(=O)NC2CCC(n3cc(-c4ccncn4)cn3)CC2)c(OC)c1. The Morgan fingerprint density at radius 3 is 2.67 bits per heavy atom. The number of ether oxygens (including phenoxy) is 2. The van der Waals surface area contributed by atoms with Crippen molar-refractivity contribution in [2.75, 3.05) is 14.2 Å². The van der Waals surface area contributed by atoms with Crippen LogP contribution in [0.25, 0.3) is 11.3 Å². The number of aromatic nitrogens is 4. The van der Waals surface area contributed by atoms with Crippen LogP contribution in [-0.4, -0.2) is 45.9 Å². The molecule has 1 aliphatic carbocycles. The zero-order valence-corrected chi connectivity index (χ0v) is 17.1. The molecule has 1 aromatic carbocycles. The molecule has 1 fully saturated rings. The molecule has 0 saturated heterocycles. The van der Waals surface area contributed by atoms with Gasteiger partial charge >= 0.3 is 0 Å². The number of carbonyl (C=O) groups excluding carboxylic acids is 1. The molecule has 30 heavy (non-hydrogen) atoms. The highest BCUT2D eigenvalue weighted by Gasteiger charge is 2.25. The van der Waals surface area contributed by atoms with E-state index >= 15 is 0 Å². The summed E-state index contributed by atoms with van der Waals surface area (Å²) < 4.78 is 12.6. The summed E-state index contributed by atoms with van der Waals surface area (Å²) in [6.45, 7) is 0. The Morgan fingerprint density at radius 2 is 1.97 bits per heavy atom. The molecule has 0 spiro atoms. The predicted octanol–water partition coefficient (Wildman–Crippen LogP) is 3.27. The van der Waals surface area contributed by atoms with Gasteiger partial charge in [0.1, 0.15) is 17.8 Å². The molecule has 8 nitrogen and oxygen atoms in total. The highest BCUT2D eigenvalue weighted by atomic mass is 16.5. The molecule has 8 heteroatoms. The lowest BCUT2D eigenvalue weighted by Crippen LogP contribution is -2.38. The third-order valence-electron chi connectivity index (χ3n) is 5.54. The van der Waals surface area contributed by atoms with E-state index in [1.165, 1.54) is 0 Å². The number of benzene rings is 1. The average Bonchev–Trinajstić information content (AvgIpc) is 3.30. The van der Waals surface area contributed by atoms with Crippen molar-refractivity contribution in [3.8, 4) is 22.8 Å². The van der Waals surface area contributed by atoms with Gasteiger partial charge in [0.25, 0.3) is 5.91 Å². The minimum absolute atomic E-state index is 0.122. The van der Waals surface area contributed by atoms with Crippen LogP contribution in [-0.2, 0) is 0 Å². The molecule has 3 aromatic rings. The molecular formula is C22H25N5O3. The van der Waals surface area contributed by atoms with E-state index in [2.05, 4.69) is 20.4 Å². The van der Waals surface area contributed by atoms with Crippen LogP contribution in [0.3, 0.4) is 0 Å². The van der Waals surface area contributed by atoms with Crippen LogP contribution in [0.15, 0.2) is 49.2 Å². The first-order valence-electron chi connectivity index (χ1n) is 10.0. The summed E-state index contributed by atoms with van der Waals surface area (Å²) in [4.78, 5) is 21.0. The predicted molar refractivity (Wildman–Crippen MR) is 112 cm³/mol. The van der Waals surface area contributed by atoms with Gasteiger partial charge < -0.3 is 14.8 Å².